The third-order valence-electron chi connectivity index (χ3n) is 4.21. The van der Waals surface area contributed by atoms with Crippen molar-refractivity contribution in [2.45, 2.75) is 25.9 Å². The summed E-state index contributed by atoms with van der Waals surface area (Å²) in [6.45, 7) is 1.46. The molecule has 1 saturated heterocycles. The first kappa shape index (κ1) is 20.1. The number of aromatic nitrogens is 1. The number of alkyl halides is 3. The number of rotatable bonds is 5. The van der Waals surface area contributed by atoms with Crippen molar-refractivity contribution in [3.63, 3.8) is 0 Å². The van der Waals surface area contributed by atoms with Gasteiger partial charge < -0.3 is 14.7 Å². The summed E-state index contributed by atoms with van der Waals surface area (Å²) in [7, 11) is 0. The molecular weight excluding hydrogens is 395 g/mol. The number of carbonyl (C=O) groups is 3. The molecule has 152 valence electrons. The third kappa shape index (κ3) is 4.28. The Morgan fingerprint density at radius 3 is 2.45 bits per heavy atom. The zero-order chi connectivity index (χ0) is 21.3. The van der Waals surface area contributed by atoms with Crippen LogP contribution in [-0.2, 0) is 11.3 Å². The number of carboxylic acids is 1. The van der Waals surface area contributed by atoms with E-state index in [0.717, 1.165) is 17.0 Å². The maximum atomic E-state index is 12.8. The summed E-state index contributed by atoms with van der Waals surface area (Å²) in [5.74, 6) is -2.28. The molecule has 1 atom stereocenters. The van der Waals surface area contributed by atoms with Crippen molar-refractivity contribution in [3.05, 3.63) is 53.9 Å². The lowest BCUT2D eigenvalue weighted by molar-refractivity contribution is -0.274. The summed E-state index contributed by atoms with van der Waals surface area (Å²) in [5.41, 5.74) is 0.344. The second-order valence-electron chi connectivity index (χ2n) is 6.16. The van der Waals surface area contributed by atoms with Crippen molar-refractivity contribution in [2.75, 3.05) is 4.90 Å². The lowest BCUT2D eigenvalue weighted by Crippen LogP contribution is -2.33. The van der Waals surface area contributed by atoms with Crippen molar-refractivity contribution in [1.82, 2.24) is 9.88 Å². The van der Waals surface area contributed by atoms with E-state index in [4.69, 9.17) is 5.11 Å². The van der Waals surface area contributed by atoms with Crippen LogP contribution in [0.1, 0.15) is 23.0 Å². The van der Waals surface area contributed by atoms with Gasteiger partial charge in [-0.05, 0) is 48.9 Å². The Labute approximate surface area is 162 Å². The van der Waals surface area contributed by atoms with Crippen LogP contribution < -0.4 is 9.64 Å². The van der Waals surface area contributed by atoms with Crippen molar-refractivity contribution >= 4 is 23.6 Å². The topological polar surface area (TPSA) is 100 Å². The SMILES string of the molecule is CC1C(=O)N(c2ccc(OC(F)(F)F)cc2)C(=O)N1Cc1ccnc(C(=O)O)c1. The van der Waals surface area contributed by atoms with Gasteiger partial charge in [-0.3, -0.25) is 4.79 Å². The zero-order valence-corrected chi connectivity index (χ0v) is 14.9. The normalized spacial score (nSPS) is 17.0. The Morgan fingerprint density at radius 2 is 1.86 bits per heavy atom. The highest BCUT2D eigenvalue weighted by molar-refractivity contribution is 6.21. The molecule has 0 aliphatic carbocycles. The van der Waals surface area contributed by atoms with E-state index < -0.39 is 36.1 Å². The molecule has 29 heavy (non-hydrogen) atoms. The fourth-order valence-corrected chi connectivity index (χ4v) is 2.83. The molecule has 3 rings (SSSR count). The number of nitrogens with zero attached hydrogens (tertiary/aromatic N) is 3. The van der Waals surface area contributed by atoms with Gasteiger partial charge in [-0.1, -0.05) is 0 Å². The number of imide groups is 1. The van der Waals surface area contributed by atoms with Crippen LogP contribution in [0.15, 0.2) is 42.6 Å². The van der Waals surface area contributed by atoms with E-state index in [9.17, 15) is 27.6 Å². The van der Waals surface area contributed by atoms with Crippen LogP contribution >= 0.6 is 0 Å². The van der Waals surface area contributed by atoms with E-state index in [1.807, 2.05) is 0 Å². The van der Waals surface area contributed by atoms with E-state index >= 15 is 0 Å². The van der Waals surface area contributed by atoms with Crippen molar-refractivity contribution in [1.29, 1.82) is 0 Å². The molecule has 0 spiro atoms. The first-order valence-corrected chi connectivity index (χ1v) is 8.25. The minimum absolute atomic E-state index is 0.0414. The smallest absolute Gasteiger partial charge is 0.477 e. The zero-order valence-electron chi connectivity index (χ0n) is 14.9. The number of carboxylic acid groups (broad SMARTS) is 1. The monoisotopic (exact) mass is 409 g/mol. The van der Waals surface area contributed by atoms with Gasteiger partial charge in [0, 0.05) is 12.7 Å². The predicted molar refractivity (Wildman–Crippen MR) is 92.2 cm³/mol. The molecule has 2 heterocycles. The van der Waals surface area contributed by atoms with Gasteiger partial charge in [-0.2, -0.15) is 0 Å². The highest BCUT2D eigenvalue weighted by atomic mass is 19.4. The minimum atomic E-state index is -4.86. The number of anilines is 1. The quantitative estimate of drug-likeness (QED) is 0.762. The Bertz CT molecular complexity index is 962. The first-order chi connectivity index (χ1) is 13.6. The van der Waals surface area contributed by atoms with Gasteiger partial charge in [0.1, 0.15) is 17.5 Å². The molecule has 1 aromatic heterocycles. The van der Waals surface area contributed by atoms with Crippen LogP contribution in [0.5, 0.6) is 5.75 Å². The molecule has 1 unspecified atom stereocenters. The first-order valence-electron chi connectivity index (χ1n) is 8.25. The Morgan fingerprint density at radius 1 is 1.21 bits per heavy atom. The van der Waals surface area contributed by atoms with Gasteiger partial charge in [-0.25, -0.2) is 19.5 Å². The van der Waals surface area contributed by atoms with E-state index in [1.165, 1.54) is 42.3 Å². The number of pyridine rings is 1. The predicted octanol–water partition coefficient (Wildman–Crippen LogP) is 3.04. The summed E-state index contributed by atoms with van der Waals surface area (Å²) in [5, 5.41) is 9.01. The maximum Gasteiger partial charge on any atom is 0.573 e. The fraction of sp³-hybridized carbons (Fsp3) is 0.222. The number of amides is 3. The molecule has 1 aliphatic rings. The van der Waals surface area contributed by atoms with Gasteiger partial charge in [0.05, 0.1) is 5.69 Å². The largest absolute Gasteiger partial charge is 0.573 e. The van der Waals surface area contributed by atoms with Crippen molar-refractivity contribution in [3.8, 4) is 5.75 Å². The highest BCUT2D eigenvalue weighted by Gasteiger charge is 2.43. The number of aromatic carboxylic acids is 1. The molecule has 0 radical (unpaired) electrons. The molecule has 3 amide bonds. The molecule has 0 saturated carbocycles. The Balaban J connectivity index is 1.81. The van der Waals surface area contributed by atoms with Crippen LogP contribution in [0.25, 0.3) is 0 Å². The van der Waals surface area contributed by atoms with Gasteiger partial charge in [0.2, 0.25) is 0 Å². The summed E-state index contributed by atoms with van der Waals surface area (Å²) < 4.78 is 40.6. The van der Waals surface area contributed by atoms with Crippen LogP contribution in [0.4, 0.5) is 23.7 Å². The van der Waals surface area contributed by atoms with E-state index in [0.29, 0.717) is 5.56 Å². The molecule has 0 bridgehead atoms. The molecule has 2 aromatic rings. The fourth-order valence-electron chi connectivity index (χ4n) is 2.83. The summed E-state index contributed by atoms with van der Waals surface area (Å²) in [6.07, 6.45) is -3.57. The van der Waals surface area contributed by atoms with Crippen LogP contribution in [0.2, 0.25) is 0 Å². The van der Waals surface area contributed by atoms with Gasteiger partial charge >= 0.3 is 18.4 Å². The van der Waals surface area contributed by atoms with Crippen LogP contribution in [0, 0.1) is 0 Å². The summed E-state index contributed by atoms with van der Waals surface area (Å²) in [4.78, 5) is 42.1. The third-order valence-corrected chi connectivity index (χ3v) is 4.21. The van der Waals surface area contributed by atoms with Gasteiger partial charge in [-0.15, -0.1) is 13.2 Å². The van der Waals surface area contributed by atoms with Crippen molar-refractivity contribution in [2.24, 2.45) is 0 Å². The van der Waals surface area contributed by atoms with Crippen LogP contribution in [-0.4, -0.2) is 45.3 Å². The van der Waals surface area contributed by atoms with Crippen LogP contribution in [0.3, 0.4) is 0 Å². The number of benzene rings is 1. The number of urea groups is 1. The molecule has 8 nitrogen and oxygen atoms in total. The molecule has 1 aliphatic heterocycles. The second-order valence-corrected chi connectivity index (χ2v) is 6.16. The summed E-state index contributed by atoms with van der Waals surface area (Å²) in [6, 6.07) is 5.61. The maximum absolute atomic E-state index is 12.8. The number of carbonyl (C=O) groups excluding carboxylic acids is 2. The standard InChI is InChI=1S/C18H14F3N3O5/c1-10-15(25)24(12-2-4-13(5-3-12)29-18(19,20)21)17(28)23(10)9-11-6-7-22-14(8-11)16(26)27/h2-8,10H,9H2,1H3,(H,26,27). The lowest BCUT2D eigenvalue weighted by Gasteiger charge is -2.19. The Hall–Kier alpha value is -3.63. The van der Waals surface area contributed by atoms with Gasteiger partial charge in [0.15, 0.2) is 0 Å². The number of hydrogen-bond donors (Lipinski definition) is 1. The average molecular weight is 409 g/mol. The molecule has 1 fully saturated rings. The minimum Gasteiger partial charge on any atom is -0.477 e. The second kappa shape index (κ2) is 7.41. The molecular formula is C18H14F3N3O5. The highest BCUT2D eigenvalue weighted by Crippen LogP contribution is 2.30. The van der Waals surface area contributed by atoms with E-state index in [1.54, 1.807) is 0 Å². The van der Waals surface area contributed by atoms with Crippen molar-refractivity contribution < 1.29 is 37.4 Å². The van der Waals surface area contributed by atoms with Gasteiger partial charge in [0.25, 0.3) is 5.91 Å². The molecule has 1 N–H and O–H groups in total. The average Bonchev–Trinajstić information content (AvgIpc) is 2.85. The van der Waals surface area contributed by atoms with E-state index in [-0.39, 0.29) is 17.9 Å². The molecule has 1 aromatic carbocycles. The number of halogens is 3. The summed E-state index contributed by atoms with van der Waals surface area (Å²) >= 11 is 0. The number of hydrogen-bond acceptors (Lipinski definition) is 5. The molecule has 11 heteroatoms. The lowest BCUT2D eigenvalue weighted by atomic mass is 10.2. The number of ether oxygens (including phenoxy) is 1. The van der Waals surface area contributed by atoms with E-state index in [2.05, 4.69) is 9.72 Å². The Kier molecular flexibility index (Phi) is 5.14.